The predicted octanol–water partition coefficient (Wildman–Crippen LogP) is 3.27. The smallest absolute Gasteiger partial charge is 0.251 e. The first-order chi connectivity index (χ1) is 13.1. The van der Waals surface area contributed by atoms with Gasteiger partial charge in [0.05, 0.1) is 12.1 Å². The molecule has 28 heavy (non-hydrogen) atoms. The molecule has 2 aromatic carbocycles. The maximum absolute atomic E-state index is 12.8. The molecule has 6 nitrogen and oxygen atoms in total. The highest BCUT2D eigenvalue weighted by Crippen LogP contribution is 2.24. The van der Waals surface area contributed by atoms with Crippen molar-refractivity contribution in [2.45, 2.75) is 38.9 Å². The fourth-order valence-electron chi connectivity index (χ4n) is 3.14. The summed E-state index contributed by atoms with van der Waals surface area (Å²) < 4.78 is 1.80. The number of benzene rings is 2. The zero-order valence-electron chi connectivity index (χ0n) is 16.1. The fraction of sp³-hybridized carbons (Fsp3) is 0.286. The molecule has 2 atom stereocenters. The highest BCUT2D eigenvalue weighted by molar-refractivity contribution is 5.94. The number of aryl methyl sites for hydroxylation is 1. The molecule has 2 unspecified atom stereocenters. The van der Waals surface area contributed by atoms with Crippen LogP contribution in [0.2, 0.25) is 0 Å². The third kappa shape index (κ3) is 4.97. The molecule has 0 saturated carbocycles. The Balaban J connectivity index is 0.00000280. The Morgan fingerprint density at radius 2 is 1.82 bits per heavy atom. The van der Waals surface area contributed by atoms with Gasteiger partial charge in [-0.1, -0.05) is 48.9 Å². The summed E-state index contributed by atoms with van der Waals surface area (Å²) in [5, 5.41) is 7.49. The van der Waals surface area contributed by atoms with Gasteiger partial charge in [-0.15, -0.1) is 12.4 Å². The van der Waals surface area contributed by atoms with Crippen LogP contribution in [0.4, 0.5) is 0 Å². The van der Waals surface area contributed by atoms with Crippen molar-refractivity contribution in [2.75, 3.05) is 0 Å². The molecule has 1 heterocycles. The molecule has 3 rings (SSSR count). The molecule has 0 fully saturated rings. The van der Waals surface area contributed by atoms with Crippen molar-refractivity contribution >= 4 is 18.3 Å². The van der Waals surface area contributed by atoms with Gasteiger partial charge in [0, 0.05) is 12.1 Å². The van der Waals surface area contributed by atoms with Crippen molar-refractivity contribution in [1.29, 1.82) is 0 Å². The van der Waals surface area contributed by atoms with Crippen LogP contribution in [-0.2, 0) is 6.54 Å². The van der Waals surface area contributed by atoms with Gasteiger partial charge in [0.2, 0.25) is 0 Å². The van der Waals surface area contributed by atoms with Crippen molar-refractivity contribution in [3.63, 3.8) is 0 Å². The highest BCUT2D eigenvalue weighted by Gasteiger charge is 2.26. The Labute approximate surface area is 171 Å². The third-order valence-corrected chi connectivity index (χ3v) is 4.73. The monoisotopic (exact) mass is 399 g/mol. The number of aromatic nitrogens is 3. The number of amides is 1. The van der Waals surface area contributed by atoms with E-state index in [0.29, 0.717) is 12.1 Å². The molecule has 0 aliphatic carbocycles. The molecule has 7 heteroatoms. The van der Waals surface area contributed by atoms with Crippen molar-refractivity contribution in [1.82, 2.24) is 20.1 Å². The lowest BCUT2D eigenvalue weighted by atomic mass is 9.96. The minimum atomic E-state index is -0.134. The van der Waals surface area contributed by atoms with Gasteiger partial charge < -0.3 is 11.1 Å². The van der Waals surface area contributed by atoms with Gasteiger partial charge in [0.15, 0.2) is 0 Å². The average Bonchev–Trinajstić information content (AvgIpc) is 3.23. The first-order valence-electron chi connectivity index (χ1n) is 9.13. The average molecular weight is 400 g/mol. The molecule has 0 saturated heterocycles. The number of hydrogen-bond donors (Lipinski definition) is 2. The van der Waals surface area contributed by atoms with E-state index in [4.69, 9.17) is 5.73 Å². The summed E-state index contributed by atoms with van der Waals surface area (Å²) in [5.74, 6) is -0.109. The number of hydrogen-bond acceptors (Lipinski definition) is 4. The second kappa shape index (κ2) is 10.0. The van der Waals surface area contributed by atoms with Crippen LogP contribution in [0.25, 0.3) is 0 Å². The summed E-state index contributed by atoms with van der Waals surface area (Å²) >= 11 is 0. The Hall–Kier alpha value is -2.70. The second-order valence-corrected chi connectivity index (χ2v) is 6.62. The van der Waals surface area contributed by atoms with E-state index >= 15 is 0 Å². The number of rotatable bonds is 7. The van der Waals surface area contributed by atoms with Crippen molar-refractivity contribution < 1.29 is 4.79 Å². The maximum Gasteiger partial charge on any atom is 0.251 e. The molecular formula is C21H26ClN5O. The summed E-state index contributed by atoms with van der Waals surface area (Å²) in [6.45, 7) is 4.57. The third-order valence-electron chi connectivity index (χ3n) is 4.73. The van der Waals surface area contributed by atoms with Crippen LogP contribution in [-0.4, -0.2) is 26.7 Å². The van der Waals surface area contributed by atoms with Gasteiger partial charge in [-0.05, 0) is 36.6 Å². The Morgan fingerprint density at radius 3 is 2.36 bits per heavy atom. The van der Waals surface area contributed by atoms with Crippen LogP contribution in [0.15, 0.2) is 61.2 Å². The Kier molecular flexibility index (Phi) is 7.72. The van der Waals surface area contributed by atoms with E-state index in [2.05, 4.69) is 53.5 Å². The molecule has 148 valence electrons. The van der Waals surface area contributed by atoms with Gasteiger partial charge in [0.25, 0.3) is 5.91 Å². The second-order valence-electron chi connectivity index (χ2n) is 6.62. The topological polar surface area (TPSA) is 85.8 Å². The fourth-order valence-corrected chi connectivity index (χ4v) is 3.14. The van der Waals surface area contributed by atoms with Crippen LogP contribution in [0.1, 0.15) is 46.4 Å². The van der Waals surface area contributed by atoms with Gasteiger partial charge >= 0.3 is 0 Å². The molecule has 0 aliphatic rings. The number of halogens is 1. The van der Waals surface area contributed by atoms with Crippen molar-refractivity contribution in [3.8, 4) is 0 Å². The Bertz CT molecular complexity index is 863. The molecule has 1 aromatic heterocycles. The molecule has 1 amide bonds. The van der Waals surface area contributed by atoms with E-state index < -0.39 is 0 Å². The SMILES string of the molecule is CCC(NC(=O)c1ccc(CN)cc1)C(c1ccc(C)cc1)n1cncn1.Cl. The van der Waals surface area contributed by atoms with E-state index in [1.807, 2.05) is 12.1 Å². The predicted molar refractivity (Wildman–Crippen MR) is 112 cm³/mol. The molecule has 3 N–H and O–H groups in total. The van der Waals surface area contributed by atoms with Crippen LogP contribution >= 0.6 is 12.4 Å². The minimum absolute atomic E-state index is 0. The van der Waals surface area contributed by atoms with E-state index in [-0.39, 0.29) is 30.4 Å². The lowest BCUT2D eigenvalue weighted by Gasteiger charge is -2.28. The number of nitrogens with two attached hydrogens (primary N) is 1. The number of nitrogens with zero attached hydrogens (tertiary/aromatic N) is 3. The van der Waals surface area contributed by atoms with Crippen LogP contribution < -0.4 is 11.1 Å². The largest absolute Gasteiger partial charge is 0.347 e. The normalized spacial score (nSPS) is 12.7. The van der Waals surface area contributed by atoms with Crippen LogP contribution in [0, 0.1) is 6.92 Å². The van der Waals surface area contributed by atoms with Gasteiger partial charge in [0.1, 0.15) is 12.7 Å². The van der Waals surface area contributed by atoms with Crippen LogP contribution in [0.3, 0.4) is 0 Å². The standard InChI is InChI=1S/C21H25N5O.ClH/c1-3-19(25-21(27)18-10-6-16(12-22)7-11-18)20(26-14-23-13-24-26)17-8-4-15(2)5-9-17;/h4-11,13-14,19-20H,3,12,22H2,1-2H3,(H,25,27);1H. The maximum atomic E-state index is 12.8. The van der Waals surface area contributed by atoms with Gasteiger partial charge in [-0.2, -0.15) is 5.10 Å². The number of nitrogens with one attached hydrogen (secondary N) is 1. The van der Waals surface area contributed by atoms with Gasteiger partial charge in [-0.25, -0.2) is 9.67 Å². The van der Waals surface area contributed by atoms with E-state index in [0.717, 1.165) is 17.5 Å². The molecule has 3 aromatic rings. The summed E-state index contributed by atoms with van der Waals surface area (Å²) in [5.41, 5.74) is 9.52. The van der Waals surface area contributed by atoms with E-state index in [9.17, 15) is 4.79 Å². The lowest BCUT2D eigenvalue weighted by Crippen LogP contribution is -2.41. The van der Waals surface area contributed by atoms with E-state index in [1.165, 1.54) is 11.9 Å². The molecular weight excluding hydrogens is 374 g/mol. The quantitative estimate of drug-likeness (QED) is 0.638. The number of carbonyl (C=O) groups is 1. The van der Waals surface area contributed by atoms with Crippen molar-refractivity contribution in [2.24, 2.45) is 5.73 Å². The summed E-state index contributed by atoms with van der Waals surface area (Å²) in [7, 11) is 0. The zero-order valence-corrected chi connectivity index (χ0v) is 16.9. The minimum Gasteiger partial charge on any atom is -0.347 e. The first kappa shape index (κ1) is 21.6. The first-order valence-corrected chi connectivity index (χ1v) is 9.13. The molecule has 0 spiro atoms. The summed E-state index contributed by atoms with van der Waals surface area (Å²) in [6, 6.07) is 15.4. The molecule has 0 aliphatic heterocycles. The van der Waals surface area contributed by atoms with Gasteiger partial charge in [-0.3, -0.25) is 4.79 Å². The summed E-state index contributed by atoms with van der Waals surface area (Å²) in [4.78, 5) is 16.9. The summed E-state index contributed by atoms with van der Waals surface area (Å²) in [6.07, 6.45) is 3.96. The van der Waals surface area contributed by atoms with E-state index in [1.54, 1.807) is 23.1 Å². The highest BCUT2D eigenvalue weighted by atomic mass is 35.5. The zero-order chi connectivity index (χ0) is 19.2. The van der Waals surface area contributed by atoms with Crippen molar-refractivity contribution in [3.05, 3.63) is 83.4 Å². The van der Waals surface area contributed by atoms with Crippen LogP contribution in [0.5, 0.6) is 0 Å². The molecule has 0 bridgehead atoms. The number of carbonyl (C=O) groups excluding carboxylic acids is 1. The Morgan fingerprint density at radius 1 is 1.14 bits per heavy atom. The molecule has 0 radical (unpaired) electrons. The lowest BCUT2D eigenvalue weighted by molar-refractivity contribution is 0.0925.